The highest BCUT2D eigenvalue weighted by Gasteiger charge is 2.39. The molecule has 0 saturated carbocycles. The molecule has 1 aliphatic heterocycles. The minimum atomic E-state index is -0.418. The number of benzene rings is 1. The van der Waals surface area contributed by atoms with Crippen molar-refractivity contribution >= 4 is 23.1 Å². The van der Waals surface area contributed by atoms with Gasteiger partial charge in [0.15, 0.2) is 18.2 Å². The molecule has 0 saturated heterocycles. The summed E-state index contributed by atoms with van der Waals surface area (Å²) in [5.41, 5.74) is 4.26. The van der Waals surface area contributed by atoms with Gasteiger partial charge in [0.05, 0.1) is 17.4 Å². The number of aromatic nitrogens is 1. The number of ketones is 1. The van der Waals surface area contributed by atoms with Crippen LogP contribution in [0.2, 0.25) is 0 Å². The third-order valence-electron chi connectivity index (χ3n) is 5.05. The van der Waals surface area contributed by atoms with Crippen molar-refractivity contribution in [3.8, 4) is 0 Å². The standard InChI is InChI=1S/C21H21N3O2/c1-2-19(26)24-17-10-4-3-8-15(17)23-16-9-5-11-18(25)20(16)21(24)14-7-6-12-22-13-14/h3-4,6-8,10,12-13,21,23H,2,5,9,11H2,1H3/p+1. The Hall–Kier alpha value is -2.95. The first kappa shape index (κ1) is 16.5. The maximum atomic E-state index is 13.0. The van der Waals surface area contributed by atoms with Crippen LogP contribution in [0.1, 0.15) is 44.2 Å². The van der Waals surface area contributed by atoms with Gasteiger partial charge in [-0.1, -0.05) is 19.1 Å². The molecule has 132 valence electrons. The fourth-order valence-electron chi connectivity index (χ4n) is 3.87. The van der Waals surface area contributed by atoms with Crippen LogP contribution in [0, 0.1) is 0 Å². The van der Waals surface area contributed by atoms with E-state index in [-0.39, 0.29) is 11.7 Å². The number of amides is 1. The second-order valence-corrected chi connectivity index (χ2v) is 6.67. The molecule has 2 N–H and O–H groups in total. The number of H-pyrrole nitrogens is 1. The molecule has 26 heavy (non-hydrogen) atoms. The Kier molecular flexibility index (Phi) is 4.29. The van der Waals surface area contributed by atoms with E-state index in [1.807, 2.05) is 55.7 Å². The van der Waals surface area contributed by atoms with Gasteiger partial charge < -0.3 is 5.32 Å². The first-order chi connectivity index (χ1) is 12.7. The van der Waals surface area contributed by atoms with E-state index in [4.69, 9.17) is 0 Å². The van der Waals surface area contributed by atoms with Crippen LogP contribution in [-0.2, 0) is 9.59 Å². The summed E-state index contributed by atoms with van der Waals surface area (Å²) in [6.45, 7) is 1.86. The molecular formula is C21H22N3O2+. The maximum absolute atomic E-state index is 13.0. The lowest BCUT2D eigenvalue weighted by atomic mass is 9.86. The topological polar surface area (TPSA) is 63.6 Å². The molecule has 0 fully saturated rings. The minimum Gasteiger partial charge on any atom is -0.357 e. The van der Waals surface area contributed by atoms with Crippen LogP contribution in [0.15, 0.2) is 60.1 Å². The number of hydrogen-bond donors (Lipinski definition) is 1. The van der Waals surface area contributed by atoms with Crippen molar-refractivity contribution in [1.82, 2.24) is 0 Å². The van der Waals surface area contributed by atoms with Crippen LogP contribution in [0.4, 0.5) is 11.4 Å². The van der Waals surface area contributed by atoms with Gasteiger partial charge in [0.2, 0.25) is 5.91 Å². The lowest BCUT2D eigenvalue weighted by Crippen LogP contribution is -2.38. The van der Waals surface area contributed by atoms with Gasteiger partial charge in [-0.2, -0.15) is 0 Å². The average Bonchev–Trinajstić information content (AvgIpc) is 2.83. The Balaban J connectivity index is 2.00. The number of Topliss-reactive ketones (excluding diaryl/α,β-unsaturated/α-hetero) is 1. The molecule has 0 bridgehead atoms. The molecule has 1 unspecified atom stereocenters. The number of allylic oxidation sites excluding steroid dienone is 1. The molecule has 5 heteroatoms. The van der Waals surface area contributed by atoms with Crippen molar-refractivity contribution in [2.45, 2.75) is 38.6 Å². The van der Waals surface area contributed by atoms with Crippen LogP contribution in [0.3, 0.4) is 0 Å². The summed E-state index contributed by atoms with van der Waals surface area (Å²) in [4.78, 5) is 30.8. The maximum Gasteiger partial charge on any atom is 0.227 e. The number of nitrogens with zero attached hydrogens (tertiary/aromatic N) is 1. The quantitative estimate of drug-likeness (QED) is 0.904. The molecule has 0 spiro atoms. The Morgan fingerprint density at radius 1 is 1.23 bits per heavy atom. The van der Waals surface area contributed by atoms with Crippen molar-refractivity contribution in [1.29, 1.82) is 0 Å². The molecule has 2 aromatic rings. The second-order valence-electron chi connectivity index (χ2n) is 6.67. The summed E-state index contributed by atoms with van der Waals surface area (Å²) >= 11 is 0. The molecule has 2 aliphatic rings. The normalized spacial score (nSPS) is 19.3. The molecular weight excluding hydrogens is 326 g/mol. The number of carbonyl (C=O) groups is 2. The number of fused-ring (bicyclic) bond motifs is 1. The highest BCUT2D eigenvalue weighted by atomic mass is 16.2. The molecule has 1 aromatic carbocycles. The highest BCUT2D eigenvalue weighted by Crippen LogP contribution is 2.44. The second kappa shape index (κ2) is 6.75. The van der Waals surface area contributed by atoms with Crippen LogP contribution in [0.5, 0.6) is 0 Å². The van der Waals surface area contributed by atoms with E-state index in [2.05, 4.69) is 10.3 Å². The van der Waals surface area contributed by atoms with Crippen molar-refractivity contribution in [3.05, 3.63) is 65.6 Å². The Morgan fingerprint density at radius 3 is 2.85 bits per heavy atom. The number of rotatable bonds is 2. The van der Waals surface area contributed by atoms with Crippen LogP contribution in [-0.4, -0.2) is 11.7 Å². The van der Waals surface area contributed by atoms with E-state index in [0.29, 0.717) is 18.4 Å². The van der Waals surface area contributed by atoms with Gasteiger partial charge in [0.1, 0.15) is 0 Å². The van der Waals surface area contributed by atoms with Crippen molar-refractivity contribution in [3.63, 3.8) is 0 Å². The molecule has 1 aliphatic carbocycles. The first-order valence-corrected chi connectivity index (χ1v) is 9.11. The average molecular weight is 348 g/mol. The Labute approximate surface area is 152 Å². The Morgan fingerprint density at radius 2 is 2.08 bits per heavy atom. The summed E-state index contributed by atoms with van der Waals surface area (Å²) in [6.07, 6.45) is 6.26. The zero-order valence-electron chi connectivity index (χ0n) is 14.8. The molecule has 4 rings (SSSR count). The van der Waals surface area contributed by atoms with Gasteiger partial charge in [-0.25, -0.2) is 4.98 Å². The molecule has 1 amide bonds. The summed E-state index contributed by atoms with van der Waals surface area (Å²) < 4.78 is 0. The van der Waals surface area contributed by atoms with E-state index in [9.17, 15) is 9.59 Å². The lowest BCUT2D eigenvalue weighted by Gasteiger charge is -2.32. The van der Waals surface area contributed by atoms with Crippen molar-refractivity contribution in [2.75, 3.05) is 10.2 Å². The number of aromatic amines is 1. The van der Waals surface area contributed by atoms with Crippen LogP contribution in [0.25, 0.3) is 0 Å². The molecule has 1 atom stereocenters. The summed E-state index contributed by atoms with van der Waals surface area (Å²) in [5, 5.41) is 3.46. The summed E-state index contributed by atoms with van der Waals surface area (Å²) in [7, 11) is 0. The number of carbonyl (C=O) groups excluding carboxylic acids is 2. The number of para-hydroxylation sites is 2. The largest absolute Gasteiger partial charge is 0.357 e. The van der Waals surface area contributed by atoms with Crippen LogP contribution >= 0.6 is 0 Å². The summed E-state index contributed by atoms with van der Waals surface area (Å²) in [6, 6.07) is 11.2. The van der Waals surface area contributed by atoms with E-state index in [1.54, 1.807) is 4.90 Å². The van der Waals surface area contributed by atoms with Gasteiger partial charge >= 0.3 is 0 Å². The van der Waals surface area contributed by atoms with Gasteiger partial charge in [-0.05, 0) is 31.0 Å². The SMILES string of the molecule is CCC(=O)N1c2ccccc2NC2=C(C(=O)CCC2)C1c1ccc[nH+]c1. The van der Waals surface area contributed by atoms with Gasteiger partial charge in [-0.3, -0.25) is 14.5 Å². The fraction of sp³-hybridized carbons (Fsp3) is 0.286. The number of nitrogens with one attached hydrogen (secondary N) is 2. The molecule has 5 nitrogen and oxygen atoms in total. The minimum absolute atomic E-state index is 0.000210. The van der Waals surface area contributed by atoms with Gasteiger partial charge in [-0.15, -0.1) is 0 Å². The van der Waals surface area contributed by atoms with E-state index >= 15 is 0 Å². The Bertz CT molecular complexity index is 889. The smallest absolute Gasteiger partial charge is 0.227 e. The van der Waals surface area contributed by atoms with E-state index in [1.165, 1.54) is 0 Å². The van der Waals surface area contributed by atoms with Gasteiger partial charge in [0.25, 0.3) is 0 Å². The fourth-order valence-corrected chi connectivity index (χ4v) is 3.87. The molecule has 1 aromatic heterocycles. The van der Waals surface area contributed by atoms with E-state index in [0.717, 1.165) is 35.5 Å². The van der Waals surface area contributed by atoms with E-state index < -0.39 is 6.04 Å². The van der Waals surface area contributed by atoms with Gasteiger partial charge in [0, 0.05) is 35.7 Å². The predicted molar refractivity (Wildman–Crippen MR) is 99.5 cm³/mol. The van der Waals surface area contributed by atoms with Crippen molar-refractivity contribution < 1.29 is 14.6 Å². The zero-order chi connectivity index (χ0) is 18.1. The first-order valence-electron chi connectivity index (χ1n) is 9.11. The lowest BCUT2D eigenvalue weighted by molar-refractivity contribution is -0.378. The molecule has 2 heterocycles. The predicted octanol–water partition coefficient (Wildman–Crippen LogP) is 3.42. The number of anilines is 2. The third kappa shape index (κ3) is 2.69. The zero-order valence-corrected chi connectivity index (χ0v) is 14.8. The highest BCUT2D eigenvalue weighted by molar-refractivity contribution is 6.05. The number of pyridine rings is 1. The van der Waals surface area contributed by atoms with Crippen LogP contribution < -0.4 is 15.2 Å². The summed E-state index contributed by atoms with van der Waals surface area (Å²) in [5.74, 6) is 0.120. The number of hydrogen-bond acceptors (Lipinski definition) is 3. The third-order valence-corrected chi connectivity index (χ3v) is 5.05. The monoisotopic (exact) mass is 348 g/mol. The molecule has 0 radical (unpaired) electrons. The van der Waals surface area contributed by atoms with Crippen molar-refractivity contribution in [2.24, 2.45) is 0 Å².